The van der Waals surface area contributed by atoms with Crippen LogP contribution >= 0.6 is 11.8 Å². The zero-order valence-electron chi connectivity index (χ0n) is 24.7. The van der Waals surface area contributed by atoms with E-state index in [9.17, 15) is 29.1 Å². The molecule has 0 aliphatic rings. The Bertz CT molecular complexity index is 982. The maximum absolute atomic E-state index is 12.6. The van der Waals surface area contributed by atoms with Crippen LogP contribution < -0.4 is 16.4 Å². The van der Waals surface area contributed by atoms with E-state index in [0.29, 0.717) is 0 Å². The predicted molar refractivity (Wildman–Crippen MR) is 166 cm³/mol. The summed E-state index contributed by atoms with van der Waals surface area (Å²) >= 11 is 1.13. The van der Waals surface area contributed by atoms with Gasteiger partial charge in [-0.05, 0) is 38.5 Å². The van der Waals surface area contributed by atoms with E-state index >= 15 is 0 Å². The summed E-state index contributed by atoms with van der Waals surface area (Å²) in [6.07, 6.45) is 19.5. The highest BCUT2D eigenvalue weighted by molar-refractivity contribution is 8.00. The monoisotopic (exact) mass is 625 g/mol. The lowest BCUT2D eigenvalue weighted by molar-refractivity contribution is -0.139. The smallest absolute Gasteiger partial charge is 0.322 e. The van der Waals surface area contributed by atoms with E-state index in [1.807, 2.05) is 18.2 Å². The van der Waals surface area contributed by atoms with Gasteiger partial charge >= 0.3 is 17.9 Å². The maximum Gasteiger partial charge on any atom is 0.322 e. The summed E-state index contributed by atoms with van der Waals surface area (Å²) in [5.41, 5.74) is 5.43. The lowest BCUT2D eigenvalue weighted by atomic mass is 10.1. The Morgan fingerprint density at radius 3 is 2.23 bits per heavy atom. The number of nitrogens with two attached hydrogens (primary N) is 1. The largest absolute Gasteiger partial charge is 0.481 e. The van der Waals surface area contributed by atoms with Gasteiger partial charge in [0.1, 0.15) is 18.6 Å². The van der Waals surface area contributed by atoms with Gasteiger partial charge in [-0.2, -0.15) is 0 Å². The van der Waals surface area contributed by atoms with Crippen molar-refractivity contribution in [3.05, 3.63) is 48.6 Å². The van der Waals surface area contributed by atoms with Crippen LogP contribution in [0.25, 0.3) is 0 Å². The molecule has 0 rings (SSSR count). The molecule has 0 fully saturated rings. The summed E-state index contributed by atoms with van der Waals surface area (Å²) in [5.74, 6) is -5.01. The first kappa shape index (κ1) is 39.6. The van der Waals surface area contributed by atoms with Crippen molar-refractivity contribution in [3.63, 3.8) is 0 Å². The molecule has 0 heterocycles. The first-order chi connectivity index (χ1) is 20.5. The van der Waals surface area contributed by atoms with Crippen LogP contribution in [0.1, 0.15) is 71.1 Å². The van der Waals surface area contributed by atoms with Crippen LogP contribution in [0.15, 0.2) is 48.6 Å². The van der Waals surface area contributed by atoms with Crippen LogP contribution in [-0.4, -0.2) is 85.9 Å². The lowest BCUT2D eigenvalue weighted by Gasteiger charge is -2.23. The van der Waals surface area contributed by atoms with Gasteiger partial charge in [0, 0.05) is 23.8 Å². The summed E-state index contributed by atoms with van der Waals surface area (Å²) in [6.45, 7) is 1.49. The van der Waals surface area contributed by atoms with Crippen LogP contribution in [0.3, 0.4) is 0 Å². The highest BCUT2D eigenvalue weighted by Crippen LogP contribution is 2.22. The van der Waals surface area contributed by atoms with Gasteiger partial charge in [-0.3, -0.25) is 24.0 Å². The van der Waals surface area contributed by atoms with Crippen molar-refractivity contribution in [2.45, 2.75) is 94.6 Å². The van der Waals surface area contributed by atoms with Crippen molar-refractivity contribution in [1.29, 1.82) is 0 Å². The number of unbranched alkanes of at least 4 members (excludes halogenated alkanes) is 3. The predicted octanol–water partition coefficient (Wildman–Crippen LogP) is 2.78. The summed E-state index contributed by atoms with van der Waals surface area (Å²) < 4.78 is 0. The average molecular weight is 626 g/mol. The third-order valence-corrected chi connectivity index (χ3v) is 7.36. The summed E-state index contributed by atoms with van der Waals surface area (Å²) in [6, 6.07) is -2.45. The lowest BCUT2D eigenvalue weighted by Crippen LogP contribution is -2.50. The van der Waals surface area contributed by atoms with Crippen LogP contribution in [0, 0.1) is 0 Å². The number of amides is 2. The molecule has 0 aliphatic heterocycles. The number of aliphatic hydroxyl groups is 1. The molecule has 0 aromatic rings. The second kappa shape index (κ2) is 25.1. The van der Waals surface area contributed by atoms with Gasteiger partial charge in [-0.15, -0.1) is 11.8 Å². The molecule has 2 amide bonds. The van der Waals surface area contributed by atoms with E-state index in [1.54, 1.807) is 18.2 Å². The number of hydrogen-bond donors (Lipinski definition) is 7. The number of allylic oxidation sites excluding steroid dienone is 7. The van der Waals surface area contributed by atoms with E-state index in [0.717, 1.165) is 24.6 Å². The molecule has 0 unspecified atom stereocenters. The topological polar surface area (TPSA) is 216 Å². The second-order valence-corrected chi connectivity index (χ2v) is 11.0. The minimum absolute atomic E-state index is 0.0542. The zero-order valence-corrected chi connectivity index (χ0v) is 25.5. The Labute approximate surface area is 257 Å². The second-order valence-electron chi connectivity index (χ2n) is 9.77. The fourth-order valence-electron chi connectivity index (χ4n) is 3.54. The molecule has 0 bridgehead atoms. The number of nitrogens with one attached hydrogen (secondary N) is 2. The number of aliphatic carboxylic acids is 3. The number of aliphatic hydroxyl groups excluding tert-OH is 1. The minimum Gasteiger partial charge on any atom is -0.481 e. The Balaban J connectivity index is 5.38. The van der Waals surface area contributed by atoms with E-state index < -0.39 is 59.7 Å². The van der Waals surface area contributed by atoms with Gasteiger partial charge in [0.15, 0.2) is 0 Å². The van der Waals surface area contributed by atoms with E-state index in [1.165, 1.54) is 19.3 Å². The number of thioether (sulfide) groups is 1. The standard InChI is InChI=1S/C30H47N3O9S/c1-2-3-4-5-6-7-8-9-10-11-12-13-16-25(24(34)15-14-17-27(36)37)43-21-23(29(40)32-20-28(38)39)33-26(35)19-18-22(31)30(41)42/h6-7,9-13,16,22-25,34H,2-5,8,14-15,17-21,31H2,1H3,(H,32,40)(H,33,35)(H,36,37)(H,38,39)(H,41,42)/b7-6+,10-9+,12-11+,16-13+/t22-,23+,24-,25+/m0/s1. The zero-order chi connectivity index (χ0) is 32.5. The fourth-order valence-corrected chi connectivity index (χ4v) is 4.75. The molecule has 0 saturated carbocycles. The quantitative estimate of drug-likeness (QED) is 0.0444. The summed E-state index contributed by atoms with van der Waals surface area (Å²) in [7, 11) is 0. The molecule has 242 valence electrons. The summed E-state index contributed by atoms with van der Waals surface area (Å²) in [4.78, 5) is 57.8. The Morgan fingerprint density at radius 1 is 0.860 bits per heavy atom. The Morgan fingerprint density at radius 2 is 1.58 bits per heavy atom. The van der Waals surface area contributed by atoms with Crippen molar-refractivity contribution >= 4 is 41.5 Å². The minimum atomic E-state index is -1.28. The normalized spacial score (nSPS) is 14.7. The van der Waals surface area contributed by atoms with Crippen molar-refractivity contribution in [2.24, 2.45) is 5.73 Å². The third kappa shape index (κ3) is 22.8. The van der Waals surface area contributed by atoms with E-state index in [-0.39, 0.29) is 37.9 Å². The molecular weight excluding hydrogens is 578 g/mol. The number of carbonyl (C=O) groups is 5. The van der Waals surface area contributed by atoms with Crippen molar-refractivity contribution in [3.8, 4) is 0 Å². The van der Waals surface area contributed by atoms with Gasteiger partial charge in [0.05, 0.1) is 6.10 Å². The molecule has 0 aromatic carbocycles. The molecular formula is C30H47N3O9S. The first-order valence-corrected chi connectivity index (χ1v) is 15.5. The molecule has 12 nitrogen and oxygen atoms in total. The van der Waals surface area contributed by atoms with E-state index in [2.05, 4.69) is 29.7 Å². The third-order valence-electron chi connectivity index (χ3n) is 5.97. The average Bonchev–Trinajstić information content (AvgIpc) is 2.95. The van der Waals surface area contributed by atoms with Gasteiger partial charge in [0.2, 0.25) is 11.8 Å². The maximum atomic E-state index is 12.6. The van der Waals surface area contributed by atoms with Gasteiger partial charge in [0.25, 0.3) is 0 Å². The molecule has 0 spiro atoms. The van der Waals surface area contributed by atoms with Crippen LogP contribution in [0.5, 0.6) is 0 Å². The number of carboxylic acid groups (broad SMARTS) is 3. The van der Waals surface area contributed by atoms with Crippen molar-refractivity contribution < 1.29 is 44.4 Å². The van der Waals surface area contributed by atoms with Crippen molar-refractivity contribution in [1.82, 2.24) is 10.6 Å². The van der Waals surface area contributed by atoms with Gasteiger partial charge in [-0.25, -0.2) is 0 Å². The van der Waals surface area contributed by atoms with Crippen LogP contribution in [0.2, 0.25) is 0 Å². The molecule has 0 radical (unpaired) electrons. The number of carbonyl (C=O) groups excluding carboxylic acids is 2. The Hall–Kier alpha value is -3.42. The van der Waals surface area contributed by atoms with E-state index in [4.69, 9.17) is 21.1 Å². The SMILES string of the molecule is CCCCC/C=C/C/C=C/C=C/C=C/[C@@H](SC[C@@H](NC(=O)CC[C@H](N)C(=O)O)C(=O)NCC(=O)O)[C@@H](O)CCCC(=O)O. The Kier molecular flexibility index (Phi) is 23.1. The number of hydrogen-bond acceptors (Lipinski definition) is 8. The molecule has 4 atom stereocenters. The highest BCUT2D eigenvalue weighted by Gasteiger charge is 2.25. The molecule has 0 aliphatic carbocycles. The molecule has 0 saturated heterocycles. The van der Waals surface area contributed by atoms with Crippen LogP contribution in [-0.2, 0) is 24.0 Å². The number of carboxylic acids is 3. The van der Waals surface area contributed by atoms with Crippen molar-refractivity contribution in [2.75, 3.05) is 12.3 Å². The van der Waals surface area contributed by atoms with Gasteiger partial charge in [-0.1, -0.05) is 68.4 Å². The summed E-state index contributed by atoms with van der Waals surface area (Å²) in [5, 5.41) is 41.6. The molecule has 0 aromatic heterocycles. The number of rotatable bonds is 25. The molecule has 13 heteroatoms. The molecule has 8 N–H and O–H groups in total. The highest BCUT2D eigenvalue weighted by atomic mass is 32.2. The van der Waals surface area contributed by atoms with Crippen LogP contribution in [0.4, 0.5) is 0 Å². The first-order valence-electron chi connectivity index (χ1n) is 14.4. The molecule has 43 heavy (non-hydrogen) atoms. The fraction of sp³-hybridized carbons (Fsp3) is 0.567. The van der Waals surface area contributed by atoms with Gasteiger partial charge < -0.3 is 36.8 Å².